The monoisotopic (exact) mass is 251 g/mol. The van der Waals surface area contributed by atoms with Crippen LogP contribution in [0.5, 0.6) is 5.75 Å². The molecule has 0 radical (unpaired) electrons. The van der Waals surface area contributed by atoms with Crippen molar-refractivity contribution in [1.29, 1.82) is 0 Å². The van der Waals surface area contributed by atoms with Crippen molar-refractivity contribution in [1.82, 2.24) is 5.32 Å². The van der Waals surface area contributed by atoms with Gasteiger partial charge in [-0.2, -0.15) is 0 Å². The average Bonchev–Trinajstić information content (AvgIpc) is 3.04. The summed E-state index contributed by atoms with van der Waals surface area (Å²) in [5.41, 5.74) is 1.02. The van der Waals surface area contributed by atoms with Gasteiger partial charge in [0, 0.05) is 18.0 Å². The van der Waals surface area contributed by atoms with Crippen LogP contribution in [0.2, 0.25) is 5.02 Å². The largest absolute Gasteiger partial charge is 0.480 e. The first kappa shape index (κ1) is 10.9. The average molecular weight is 252 g/mol. The van der Waals surface area contributed by atoms with E-state index in [0.29, 0.717) is 17.4 Å². The highest BCUT2D eigenvalue weighted by atomic mass is 35.5. The molecule has 0 unspecified atom stereocenters. The molecule has 1 heterocycles. The lowest BCUT2D eigenvalue weighted by Crippen LogP contribution is -2.38. The summed E-state index contributed by atoms with van der Waals surface area (Å²) < 4.78 is 5.61. The van der Waals surface area contributed by atoms with Crippen molar-refractivity contribution >= 4 is 17.5 Å². The molecule has 2 aliphatic rings. The van der Waals surface area contributed by atoms with Gasteiger partial charge in [-0.15, -0.1) is 0 Å². The lowest BCUT2D eigenvalue weighted by atomic mass is 10.1. The fourth-order valence-electron chi connectivity index (χ4n) is 2.04. The van der Waals surface area contributed by atoms with Crippen LogP contribution < -0.4 is 10.1 Å². The number of benzene rings is 1. The maximum atomic E-state index is 11.9. The number of hydrogen-bond acceptors (Lipinski definition) is 2. The molecule has 90 valence electrons. The van der Waals surface area contributed by atoms with Crippen LogP contribution in [-0.2, 0) is 11.2 Å². The molecule has 0 saturated heterocycles. The van der Waals surface area contributed by atoms with E-state index in [1.807, 2.05) is 12.1 Å². The molecule has 0 aromatic heterocycles. The molecule has 1 aliphatic heterocycles. The molecule has 3 rings (SSSR count). The van der Waals surface area contributed by atoms with E-state index in [1.54, 1.807) is 6.07 Å². The predicted molar refractivity (Wildman–Crippen MR) is 65.3 cm³/mol. The Morgan fingerprint density at radius 1 is 1.47 bits per heavy atom. The Kier molecular flexibility index (Phi) is 2.71. The summed E-state index contributed by atoms with van der Waals surface area (Å²) in [6, 6.07) is 5.47. The molecular formula is C13H14ClNO2. The second-order valence-corrected chi connectivity index (χ2v) is 5.19. The standard InChI is InChI=1S/C13H14ClNO2/c14-10-3-4-11-9(5-10)6-12(17-11)13(16)15-7-8-1-2-8/h3-5,8,12H,1-2,6-7H2,(H,15,16)/t12-/m1/s1. The topological polar surface area (TPSA) is 38.3 Å². The van der Waals surface area contributed by atoms with Crippen molar-refractivity contribution in [3.05, 3.63) is 28.8 Å². The Hall–Kier alpha value is -1.22. The number of fused-ring (bicyclic) bond motifs is 1. The highest BCUT2D eigenvalue weighted by Gasteiger charge is 2.30. The van der Waals surface area contributed by atoms with E-state index in [9.17, 15) is 4.79 Å². The van der Waals surface area contributed by atoms with E-state index >= 15 is 0 Å². The number of ether oxygens (including phenoxy) is 1. The van der Waals surface area contributed by atoms with Crippen LogP contribution in [0.15, 0.2) is 18.2 Å². The zero-order valence-electron chi connectivity index (χ0n) is 9.41. The van der Waals surface area contributed by atoms with Crippen molar-refractivity contribution in [3.8, 4) is 5.75 Å². The van der Waals surface area contributed by atoms with Crippen molar-refractivity contribution in [2.75, 3.05) is 6.54 Å². The maximum absolute atomic E-state index is 11.9. The normalized spacial score (nSPS) is 21.8. The summed E-state index contributed by atoms with van der Waals surface area (Å²) >= 11 is 5.91. The number of rotatable bonds is 3. The van der Waals surface area contributed by atoms with Gasteiger partial charge >= 0.3 is 0 Å². The SMILES string of the molecule is O=C(NCC1CC1)[C@H]1Cc2cc(Cl)ccc2O1. The Morgan fingerprint density at radius 3 is 3.06 bits per heavy atom. The number of amides is 1. The summed E-state index contributed by atoms with van der Waals surface area (Å²) in [6.07, 6.45) is 2.71. The highest BCUT2D eigenvalue weighted by Crippen LogP contribution is 2.31. The van der Waals surface area contributed by atoms with Gasteiger partial charge in [0.05, 0.1) is 0 Å². The molecule has 1 aromatic rings. The van der Waals surface area contributed by atoms with Crippen molar-refractivity contribution in [3.63, 3.8) is 0 Å². The van der Waals surface area contributed by atoms with E-state index in [-0.39, 0.29) is 12.0 Å². The Morgan fingerprint density at radius 2 is 2.29 bits per heavy atom. The third-order valence-electron chi connectivity index (χ3n) is 3.25. The third kappa shape index (κ3) is 2.39. The first-order valence-electron chi connectivity index (χ1n) is 5.95. The maximum Gasteiger partial charge on any atom is 0.261 e. The number of halogens is 1. The fourth-order valence-corrected chi connectivity index (χ4v) is 2.24. The van der Waals surface area contributed by atoms with E-state index in [4.69, 9.17) is 16.3 Å². The van der Waals surface area contributed by atoms with Crippen LogP contribution in [0.3, 0.4) is 0 Å². The summed E-state index contributed by atoms with van der Waals surface area (Å²) in [5.74, 6) is 1.46. The predicted octanol–water partition coefficient (Wildman–Crippen LogP) is 2.17. The van der Waals surface area contributed by atoms with Gasteiger partial charge in [0.2, 0.25) is 0 Å². The van der Waals surface area contributed by atoms with Crippen molar-refractivity contribution in [2.45, 2.75) is 25.4 Å². The molecule has 1 atom stereocenters. The molecule has 1 aliphatic carbocycles. The quantitative estimate of drug-likeness (QED) is 0.894. The smallest absolute Gasteiger partial charge is 0.261 e. The van der Waals surface area contributed by atoms with Crippen LogP contribution in [0.25, 0.3) is 0 Å². The van der Waals surface area contributed by atoms with Gasteiger partial charge in [-0.05, 0) is 42.5 Å². The van der Waals surface area contributed by atoms with E-state index in [1.165, 1.54) is 12.8 Å². The summed E-state index contributed by atoms with van der Waals surface area (Å²) in [6.45, 7) is 0.787. The second-order valence-electron chi connectivity index (χ2n) is 4.75. The molecule has 3 nitrogen and oxygen atoms in total. The molecule has 1 N–H and O–H groups in total. The Balaban J connectivity index is 1.62. The van der Waals surface area contributed by atoms with E-state index < -0.39 is 0 Å². The third-order valence-corrected chi connectivity index (χ3v) is 3.49. The molecule has 1 amide bonds. The van der Waals surface area contributed by atoms with Crippen LogP contribution in [0, 0.1) is 5.92 Å². The first-order chi connectivity index (χ1) is 8.22. The molecule has 4 heteroatoms. The Bertz CT molecular complexity index is 457. The minimum atomic E-state index is -0.387. The number of carbonyl (C=O) groups is 1. The molecule has 0 bridgehead atoms. The van der Waals surface area contributed by atoms with E-state index in [0.717, 1.165) is 17.9 Å². The number of hydrogen-bond donors (Lipinski definition) is 1. The van der Waals surface area contributed by atoms with Gasteiger partial charge in [-0.3, -0.25) is 4.79 Å². The van der Waals surface area contributed by atoms with Crippen molar-refractivity contribution < 1.29 is 9.53 Å². The minimum absolute atomic E-state index is 0.00998. The molecule has 1 fully saturated rings. The zero-order chi connectivity index (χ0) is 11.8. The lowest BCUT2D eigenvalue weighted by Gasteiger charge is -2.10. The summed E-state index contributed by atoms with van der Waals surface area (Å²) in [5, 5.41) is 3.63. The minimum Gasteiger partial charge on any atom is -0.480 e. The summed E-state index contributed by atoms with van der Waals surface area (Å²) in [4.78, 5) is 11.9. The summed E-state index contributed by atoms with van der Waals surface area (Å²) in [7, 11) is 0. The van der Waals surface area contributed by atoms with E-state index in [2.05, 4.69) is 5.32 Å². The lowest BCUT2D eigenvalue weighted by molar-refractivity contribution is -0.127. The van der Waals surface area contributed by atoms with Crippen molar-refractivity contribution in [2.24, 2.45) is 5.92 Å². The second kappa shape index (κ2) is 4.22. The van der Waals surface area contributed by atoms with Crippen LogP contribution >= 0.6 is 11.6 Å². The zero-order valence-corrected chi connectivity index (χ0v) is 10.2. The number of nitrogens with one attached hydrogen (secondary N) is 1. The molecule has 17 heavy (non-hydrogen) atoms. The van der Waals surface area contributed by atoms with Gasteiger partial charge in [-0.25, -0.2) is 0 Å². The van der Waals surface area contributed by atoms with Gasteiger partial charge in [0.25, 0.3) is 5.91 Å². The van der Waals surface area contributed by atoms with Gasteiger partial charge in [0.1, 0.15) is 5.75 Å². The highest BCUT2D eigenvalue weighted by molar-refractivity contribution is 6.30. The number of carbonyl (C=O) groups excluding carboxylic acids is 1. The molecule has 1 aromatic carbocycles. The van der Waals surface area contributed by atoms with Crippen LogP contribution in [-0.4, -0.2) is 18.6 Å². The molecular weight excluding hydrogens is 238 g/mol. The molecule has 0 spiro atoms. The Labute approximate surface area is 105 Å². The van der Waals surface area contributed by atoms with Crippen LogP contribution in [0.1, 0.15) is 18.4 Å². The molecule has 1 saturated carbocycles. The van der Waals surface area contributed by atoms with Gasteiger partial charge in [-0.1, -0.05) is 11.6 Å². The van der Waals surface area contributed by atoms with Gasteiger partial charge < -0.3 is 10.1 Å². The first-order valence-corrected chi connectivity index (χ1v) is 6.33. The van der Waals surface area contributed by atoms with Crippen LogP contribution in [0.4, 0.5) is 0 Å². The fraction of sp³-hybridized carbons (Fsp3) is 0.462. The van der Waals surface area contributed by atoms with Gasteiger partial charge in [0.15, 0.2) is 6.10 Å².